The summed E-state index contributed by atoms with van der Waals surface area (Å²) in [5.41, 5.74) is 6.79. The first-order chi connectivity index (χ1) is 10.2. The second-order valence-electron chi connectivity index (χ2n) is 4.31. The first-order valence-electron chi connectivity index (χ1n) is 6.28. The standard InChI is InChI=1S/C14H15FN4O2/c1-20-7-6-19-13(17)12(8-16)14(18-19)21-9-10-2-4-11(15)5-3-10/h2-5H,6-7,9,17H2,1H3. The van der Waals surface area contributed by atoms with Crippen molar-refractivity contribution in [3.05, 3.63) is 41.2 Å². The number of halogens is 1. The van der Waals surface area contributed by atoms with Crippen LogP contribution in [0, 0.1) is 17.1 Å². The topological polar surface area (TPSA) is 86.1 Å². The van der Waals surface area contributed by atoms with Crippen molar-refractivity contribution in [2.24, 2.45) is 0 Å². The van der Waals surface area contributed by atoms with Gasteiger partial charge in [-0.05, 0) is 17.7 Å². The molecular weight excluding hydrogens is 275 g/mol. The Morgan fingerprint density at radius 1 is 1.38 bits per heavy atom. The van der Waals surface area contributed by atoms with E-state index in [0.717, 1.165) is 5.56 Å². The van der Waals surface area contributed by atoms with E-state index in [-0.39, 0.29) is 29.7 Å². The van der Waals surface area contributed by atoms with Crippen LogP contribution in [0.15, 0.2) is 24.3 Å². The average molecular weight is 290 g/mol. The Morgan fingerprint density at radius 2 is 2.10 bits per heavy atom. The molecule has 2 aromatic rings. The van der Waals surface area contributed by atoms with Crippen LogP contribution in [-0.4, -0.2) is 23.5 Å². The Bertz CT molecular complexity index is 646. The summed E-state index contributed by atoms with van der Waals surface area (Å²) in [5, 5.41) is 13.3. The van der Waals surface area contributed by atoms with E-state index >= 15 is 0 Å². The summed E-state index contributed by atoms with van der Waals surface area (Å²) in [6.45, 7) is 1.03. The molecular formula is C14H15FN4O2. The van der Waals surface area contributed by atoms with Gasteiger partial charge in [0.15, 0.2) is 5.56 Å². The molecule has 21 heavy (non-hydrogen) atoms. The van der Waals surface area contributed by atoms with E-state index in [1.54, 1.807) is 19.2 Å². The van der Waals surface area contributed by atoms with E-state index in [9.17, 15) is 4.39 Å². The number of nitriles is 1. The zero-order chi connectivity index (χ0) is 15.2. The molecule has 0 amide bonds. The summed E-state index contributed by atoms with van der Waals surface area (Å²) in [4.78, 5) is 0. The van der Waals surface area contributed by atoms with E-state index in [2.05, 4.69) is 5.10 Å². The molecule has 0 saturated heterocycles. The fourth-order valence-electron chi connectivity index (χ4n) is 1.74. The van der Waals surface area contributed by atoms with E-state index < -0.39 is 0 Å². The maximum absolute atomic E-state index is 12.8. The van der Waals surface area contributed by atoms with Crippen molar-refractivity contribution in [1.82, 2.24) is 9.78 Å². The van der Waals surface area contributed by atoms with Gasteiger partial charge in [-0.2, -0.15) is 5.26 Å². The summed E-state index contributed by atoms with van der Waals surface area (Å²) in [6, 6.07) is 7.86. The Hall–Kier alpha value is -2.59. The van der Waals surface area contributed by atoms with Crippen LogP contribution >= 0.6 is 0 Å². The predicted octanol–water partition coefficient (Wildman–Crippen LogP) is 1.70. The molecule has 0 fully saturated rings. The van der Waals surface area contributed by atoms with E-state index in [1.165, 1.54) is 16.8 Å². The number of hydrogen-bond acceptors (Lipinski definition) is 5. The highest BCUT2D eigenvalue weighted by Crippen LogP contribution is 2.23. The number of ether oxygens (including phenoxy) is 2. The summed E-state index contributed by atoms with van der Waals surface area (Å²) >= 11 is 0. The Kier molecular flexibility index (Phi) is 4.74. The first-order valence-corrected chi connectivity index (χ1v) is 6.28. The molecule has 0 aliphatic rings. The lowest BCUT2D eigenvalue weighted by Gasteiger charge is -2.03. The van der Waals surface area contributed by atoms with Gasteiger partial charge in [-0.3, -0.25) is 0 Å². The van der Waals surface area contributed by atoms with E-state index in [0.29, 0.717) is 13.2 Å². The normalized spacial score (nSPS) is 10.3. The van der Waals surface area contributed by atoms with Crippen molar-refractivity contribution in [3.63, 3.8) is 0 Å². The molecule has 110 valence electrons. The van der Waals surface area contributed by atoms with Crippen LogP contribution < -0.4 is 10.5 Å². The molecule has 0 unspecified atom stereocenters. The number of methoxy groups -OCH3 is 1. The third-order valence-electron chi connectivity index (χ3n) is 2.87. The second-order valence-corrected chi connectivity index (χ2v) is 4.31. The summed E-state index contributed by atoms with van der Waals surface area (Å²) in [6.07, 6.45) is 0. The predicted molar refractivity (Wildman–Crippen MR) is 74.0 cm³/mol. The van der Waals surface area contributed by atoms with Gasteiger partial charge >= 0.3 is 0 Å². The van der Waals surface area contributed by atoms with Crippen molar-refractivity contribution in [1.29, 1.82) is 5.26 Å². The van der Waals surface area contributed by atoms with Gasteiger partial charge in [-0.15, -0.1) is 5.10 Å². The zero-order valence-corrected chi connectivity index (χ0v) is 11.5. The molecule has 0 aliphatic heterocycles. The third-order valence-corrected chi connectivity index (χ3v) is 2.87. The molecule has 6 nitrogen and oxygen atoms in total. The van der Waals surface area contributed by atoms with Gasteiger partial charge < -0.3 is 15.2 Å². The molecule has 1 aromatic carbocycles. The highest BCUT2D eigenvalue weighted by Gasteiger charge is 2.16. The molecule has 2 N–H and O–H groups in total. The van der Waals surface area contributed by atoms with Crippen LogP contribution in [0.5, 0.6) is 5.88 Å². The van der Waals surface area contributed by atoms with E-state index in [1.807, 2.05) is 6.07 Å². The fourth-order valence-corrected chi connectivity index (χ4v) is 1.74. The third kappa shape index (κ3) is 3.49. The molecule has 0 saturated carbocycles. The molecule has 1 heterocycles. The molecule has 0 aliphatic carbocycles. The highest BCUT2D eigenvalue weighted by molar-refractivity contribution is 5.55. The lowest BCUT2D eigenvalue weighted by atomic mass is 10.2. The van der Waals surface area contributed by atoms with Gasteiger partial charge in [0.05, 0.1) is 13.2 Å². The Labute approximate surface area is 121 Å². The minimum absolute atomic E-state index is 0.162. The van der Waals surface area contributed by atoms with Crippen LogP contribution in [0.3, 0.4) is 0 Å². The van der Waals surface area contributed by atoms with Gasteiger partial charge in [0.1, 0.15) is 24.3 Å². The first kappa shape index (κ1) is 14.8. The summed E-state index contributed by atoms with van der Waals surface area (Å²) < 4.78 is 24.7. The monoisotopic (exact) mass is 290 g/mol. The molecule has 0 spiro atoms. The summed E-state index contributed by atoms with van der Waals surface area (Å²) in [7, 11) is 1.57. The average Bonchev–Trinajstić information content (AvgIpc) is 2.80. The van der Waals surface area contributed by atoms with Crippen molar-refractivity contribution in [3.8, 4) is 11.9 Å². The number of anilines is 1. The fraction of sp³-hybridized carbons (Fsp3) is 0.286. The maximum Gasteiger partial charge on any atom is 0.253 e. The minimum atomic E-state index is -0.315. The number of nitrogens with zero attached hydrogens (tertiary/aromatic N) is 3. The van der Waals surface area contributed by atoms with Crippen molar-refractivity contribution < 1.29 is 13.9 Å². The van der Waals surface area contributed by atoms with Crippen LogP contribution in [-0.2, 0) is 17.9 Å². The van der Waals surface area contributed by atoms with Gasteiger partial charge in [0.25, 0.3) is 5.88 Å². The molecule has 7 heteroatoms. The van der Waals surface area contributed by atoms with Crippen LogP contribution in [0.1, 0.15) is 11.1 Å². The lowest BCUT2D eigenvalue weighted by molar-refractivity contribution is 0.183. The second kappa shape index (κ2) is 6.72. The number of rotatable bonds is 6. The Balaban J connectivity index is 2.12. The Morgan fingerprint density at radius 3 is 2.71 bits per heavy atom. The molecule has 0 atom stereocenters. The smallest absolute Gasteiger partial charge is 0.253 e. The number of nitrogen functional groups attached to an aromatic ring is 1. The zero-order valence-electron chi connectivity index (χ0n) is 11.5. The van der Waals surface area contributed by atoms with E-state index in [4.69, 9.17) is 20.5 Å². The van der Waals surface area contributed by atoms with Crippen molar-refractivity contribution in [2.45, 2.75) is 13.2 Å². The number of hydrogen-bond donors (Lipinski definition) is 1. The quantitative estimate of drug-likeness (QED) is 0.875. The lowest BCUT2D eigenvalue weighted by Crippen LogP contribution is -2.09. The summed E-state index contributed by atoms with van der Waals surface area (Å²) in [5.74, 6) is 0.0867. The number of nitrogens with two attached hydrogens (primary N) is 1. The van der Waals surface area contributed by atoms with Crippen LogP contribution in [0.4, 0.5) is 10.2 Å². The van der Waals surface area contributed by atoms with Crippen molar-refractivity contribution in [2.75, 3.05) is 19.5 Å². The molecule has 0 bridgehead atoms. The largest absolute Gasteiger partial charge is 0.471 e. The van der Waals surface area contributed by atoms with Crippen molar-refractivity contribution >= 4 is 5.82 Å². The van der Waals surface area contributed by atoms with Crippen LogP contribution in [0.25, 0.3) is 0 Å². The maximum atomic E-state index is 12.8. The highest BCUT2D eigenvalue weighted by atomic mass is 19.1. The molecule has 2 rings (SSSR count). The number of benzene rings is 1. The van der Waals surface area contributed by atoms with Crippen LogP contribution in [0.2, 0.25) is 0 Å². The molecule has 1 aromatic heterocycles. The number of aromatic nitrogens is 2. The van der Waals surface area contributed by atoms with Gasteiger partial charge in [0, 0.05) is 7.11 Å². The van der Waals surface area contributed by atoms with Gasteiger partial charge in [-0.1, -0.05) is 12.1 Å². The molecule has 0 radical (unpaired) electrons. The van der Waals surface area contributed by atoms with Gasteiger partial charge in [0.2, 0.25) is 0 Å². The van der Waals surface area contributed by atoms with Gasteiger partial charge in [-0.25, -0.2) is 9.07 Å². The minimum Gasteiger partial charge on any atom is -0.471 e. The SMILES string of the molecule is COCCn1nc(OCc2ccc(F)cc2)c(C#N)c1N.